The highest BCUT2D eigenvalue weighted by molar-refractivity contribution is 8.04. The molecule has 0 N–H and O–H groups in total. The third-order valence-electron chi connectivity index (χ3n) is 3.45. The standard InChI is InChI=1S/C15H10Cl2F6N4OS/c1-3-28-13-12(29-15(21,22)23)10(6-24)27(25-2)26(13)11-8(16)4-7(5-9(11)17)14(18,19)20/h4-5,13H,2-3H2,1H3. The van der Waals surface area contributed by atoms with Crippen LogP contribution < -0.4 is 5.01 Å². The summed E-state index contributed by atoms with van der Waals surface area (Å²) in [5.41, 5.74) is -6.88. The van der Waals surface area contributed by atoms with Gasteiger partial charge in [-0.1, -0.05) is 23.2 Å². The Bertz CT molecular complexity index is 860. The SMILES string of the molecule is C=NN1C(C#N)=C(SC(F)(F)F)C(OCC)N1c1c(Cl)cc(C(F)(F)F)cc1Cl. The van der Waals surface area contributed by atoms with Crippen molar-refractivity contribution in [3.63, 3.8) is 0 Å². The number of alkyl halides is 6. The van der Waals surface area contributed by atoms with Gasteiger partial charge in [0.05, 0.1) is 20.5 Å². The molecule has 1 aliphatic heterocycles. The highest BCUT2D eigenvalue weighted by Gasteiger charge is 2.47. The van der Waals surface area contributed by atoms with Crippen LogP contribution >= 0.6 is 35.0 Å². The number of thioether (sulfide) groups is 1. The molecule has 0 radical (unpaired) electrons. The maximum atomic E-state index is 13.0. The van der Waals surface area contributed by atoms with Crippen LogP contribution in [-0.2, 0) is 10.9 Å². The van der Waals surface area contributed by atoms with Gasteiger partial charge in [0.15, 0.2) is 11.9 Å². The van der Waals surface area contributed by atoms with E-state index in [-0.39, 0.29) is 12.3 Å². The first kappa shape index (κ1) is 23.5. The van der Waals surface area contributed by atoms with Crippen LogP contribution in [0.4, 0.5) is 32.0 Å². The number of hydrogen-bond acceptors (Lipinski definition) is 6. The minimum absolute atomic E-state index is 0.108. The summed E-state index contributed by atoms with van der Waals surface area (Å²) >= 11 is 11.3. The third-order valence-corrected chi connectivity index (χ3v) is 4.87. The van der Waals surface area contributed by atoms with Gasteiger partial charge in [0.2, 0.25) is 0 Å². The normalized spacial score (nSPS) is 17.7. The van der Waals surface area contributed by atoms with E-state index < -0.39 is 55.9 Å². The summed E-state index contributed by atoms with van der Waals surface area (Å²) in [5.74, 6) is 0. The van der Waals surface area contributed by atoms with Gasteiger partial charge >= 0.3 is 11.7 Å². The molecular weight excluding hydrogens is 469 g/mol. The van der Waals surface area contributed by atoms with Crippen molar-refractivity contribution in [1.82, 2.24) is 5.12 Å². The Morgan fingerprint density at radius 3 is 2.17 bits per heavy atom. The quantitative estimate of drug-likeness (QED) is 0.382. The zero-order chi connectivity index (χ0) is 22.1. The van der Waals surface area contributed by atoms with Crippen LogP contribution in [0.5, 0.6) is 0 Å². The van der Waals surface area contributed by atoms with E-state index >= 15 is 0 Å². The number of hydrazone groups is 1. The number of allylic oxidation sites excluding steroid dienone is 1. The van der Waals surface area contributed by atoms with Crippen LogP contribution in [0.3, 0.4) is 0 Å². The Hall–Kier alpha value is -1.81. The van der Waals surface area contributed by atoms with Crippen LogP contribution in [-0.4, -0.2) is 30.2 Å². The largest absolute Gasteiger partial charge is 0.446 e. The van der Waals surface area contributed by atoms with Gasteiger partial charge in [-0.25, -0.2) is 5.01 Å². The molecular formula is C15H10Cl2F6N4OS. The summed E-state index contributed by atoms with van der Waals surface area (Å²) in [6.07, 6.45) is -6.35. The molecule has 1 aromatic carbocycles. The Morgan fingerprint density at radius 1 is 1.24 bits per heavy atom. The molecule has 1 heterocycles. The van der Waals surface area contributed by atoms with Gasteiger partial charge in [0.1, 0.15) is 11.8 Å². The van der Waals surface area contributed by atoms with E-state index in [9.17, 15) is 31.6 Å². The molecule has 0 spiro atoms. The predicted octanol–water partition coefficient (Wildman–Crippen LogP) is 6.02. The van der Waals surface area contributed by atoms with Gasteiger partial charge in [-0.15, -0.1) is 0 Å². The van der Waals surface area contributed by atoms with E-state index in [0.29, 0.717) is 17.3 Å². The number of hydrogen-bond donors (Lipinski definition) is 0. The number of nitrogens with zero attached hydrogens (tertiary/aromatic N) is 4. The molecule has 5 nitrogen and oxygen atoms in total. The number of anilines is 1. The number of hydrazine groups is 1. The Morgan fingerprint density at radius 2 is 1.79 bits per heavy atom. The first-order valence-corrected chi connectivity index (χ1v) is 9.06. The van der Waals surface area contributed by atoms with Crippen LogP contribution in [0.2, 0.25) is 10.0 Å². The number of benzene rings is 1. The van der Waals surface area contributed by atoms with Crippen molar-refractivity contribution < 1.29 is 31.1 Å². The average molecular weight is 479 g/mol. The van der Waals surface area contributed by atoms with E-state index in [2.05, 4.69) is 11.8 Å². The summed E-state index contributed by atoms with van der Waals surface area (Å²) in [6.45, 7) is 4.56. The molecule has 1 aliphatic rings. The van der Waals surface area contributed by atoms with Crippen LogP contribution in [0.1, 0.15) is 12.5 Å². The number of rotatable bonds is 5. The molecule has 158 valence electrons. The highest BCUT2D eigenvalue weighted by Crippen LogP contribution is 2.50. The molecule has 0 aliphatic carbocycles. The Kier molecular flexibility index (Phi) is 6.89. The lowest BCUT2D eigenvalue weighted by Crippen LogP contribution is -2.42. The van der Waals surface area contributed by atoms with Crippen LogP contribution in [0, 0.1) is 11.3 Å². The summed E-state index contributed by atoms with van der Waals surface area (Å²) in [5, 5.41) is 13.3. The molecule has 0 aromatic heterocycles. The molecule has 14 heteroatoms. The number of ether oxygens (including phenoxy) is 1. The van der Waals surface area contributed by atoms with Crippen LogP contribution in [0.25, 0.3) is 0 Å². The van der Waals surface area contributed by atoms with E-state index in [4.69, 9.17) is 27.9 Å². The molecule has 1 atom stereocenters. The zero-order valence-corrected chi connectivity index (χ0v) is 16.6. The van der Waals surface area contributed by atoms with Crippen molar-refractivity contribution in [2.45, 2.75) is 24.8 Å². The van der Waals surface area contributed by atoms with Gasteiger partial charge < -0.3 is 4.74 Å². The van der Waals surface area contributed by atoms with E-state index in [1.165, 1.54) is 6.92 Å². The summed E-state index contributed by atoms with van der Waals surface area (Å²) in [4.78, 5) is -0.596. The smallest absolute Gasteiger partial charge is 0.352 e. The fraction of sp³-hybridized carbons (Fsp3) is 0.333. The fourth-order valence-corrected chi connectivity index (χ4v) is 3.86. The lowest BCUT2D eigenvalue weighted by Gasteiger charge is -2.33. The van der Waals surface area contributed by atoms with Gasteiger partial charge in [-0.05, 0) is 30.8 Å². The van der Waals surface area contributed by atoms with E-state index in [0.717, 1.165) is 5.01 Å². The second-order valence-corrected chi connectivity index (χ2v) is 7.16. The molecule has 0 bridgehead atoms. The minimum Gasteiger partial charge on any atom is -0.352 e. The van der Waals surface area contributed by atoms with Crippen molar-refractivity contribution in [1.29, 1.82) is 5.26 Å². The van der Waals surface area contributed by atoms with Crippen molar-refractivity contribution in [3.05, 3.63) is 38.3 Å². The highest BCUT2D eigenvalue weighted by atomic mass is 35.5. The summed E-state index contributed by atoms with van der Waals surface area (Å²) in [7, 11) is 0. The van der Waals surface area contributed by atoms with Crippen LogP contribution in [0.15, 0.2) is 27.8 Å². The van der Waals surface area contributed by atoms with Gasteiger partial charge in [0, 0.05) is 13.3 Å². The monoisotopic (exact) mass is 478 g/mol. The second kappa shape index (κ2) is 8.51. The molecule has 1 aromatic rings. The zero-order valence-electron chi connectivity index (χ0n) is 14.3. The number of halogens is 8. The maximum Gasteiger partial charge on any atom is 0.446 e. The first-order valence-electron chi connectivity index (χ1n) is 7.49. The van der Waals surface area contributed by atoms with Gasteiger partial charge in [-0.2, -0.15) is 41.8 Å². The molecule has 0 saturated heterocycles. The molecule has 1 unspecified atom stereocenters. The molecule has 2 rings (SSSR count). The van der Waals surface area contributed by atoms with Crippen molar-refractivity contribution >= 4 is 47.4 Å². The van der Waals surface area contributed by atoms with Crippen molar-refractivity contribution in [2.75, 3.05) is 11.6 Å². The predicted molar refractivity (Wildman–Crippen MR) is 97.0 cm³/mol. The second-order valence-electron chi connectivity index (χ2n) is 5.24. The summed E-state index contributed by atoms with van der Waals surface area (Å²) < 4.78 is 83.4. The topological polar surface area (TPSA) is 51.9 Å². The summed E-state index contributed by atoms with van der Waals surface area (Å²) in [6, 6.07) is 2.66. The Labute approximate surface area is 175 Å². The average Bonchev–Trinajstić information content (AvgIpc) is 2.85. The van der Waals surface area contributed by atoms with E-state index in [1.807, 2.05) is 0 Å². The third kappa shape index (κ3) is 4.85. The Balaban J connectivity index is 2.69. The molecule has 0 saturated carbocycles. The molecule has 29 heavy (non-hydrogen) atoms. The van der Waals surface area contributed by atoms with Gasteiger partial charge in [-0.3, -0.25) is 0 Å². The fourth-order valence-electron chi connectivity index (χ4n) is 2.46. The number of nitriles is 1. The van der Waals surface area contributed by atoms with E-state index in [1.54, 1.807) is 6.07 Å². The maximum absolute atomic E-state index is 13.0. The van der Waals surface area contributed by atoms with Gasteiger partial charge in [0.25, 0.3) is 0 Å². The molecule has 0 fully saturated rings. The van der Waals surface area contributed by atoms with Crippen molar-refractivity contribution in [3.8, 4) is 6.07 Å². The lowest BCUT2D eigenvalue weighted by molar-refractivity contribution is -0.137. The lowest BCUT2D eigenvalue weighted by atomic mass is 10.2. The first-order chi connectivity index (χ1) is 13.4. The minimum atomic E-state index is -4.79. The molecule has 0 amide bonds. The van der Waals surface area contributed by atoms with Crippen molar-refractivity contribution in [2.24, 2.45) is 5.10 Å².